The third-order valence-electron chi connectivity index (χ3n) is 4.71. The van der Waals surface area contributed by atoms with Gasteiger partial charge in [0.05, 0.1) is 0 Å². The number of aryl methyl sites for hydroxylation is 1. The highest BCUT2D eigenvalue weighted by Gasteiger charge is 2.16. The summed E-state index contributed by atoms with van der Waals surface area (Å²) >= 11 is 0. The molecular weight excluding hydrogens is 322 g/mol. The summed E-state index contributed by atoms with van der Waals surface area (Å²) in [4.78, 5) is 12.2. The zero-order valence-corrected chi connectivity index (χ0v) is 14.2. The lowest BCUT2D eigenvalue weighted by Gasteiger charge is -2.11. The molecule has 3 nitrogen and oxygen atoms in total. The summed E-state index contributed by atoms with van der Waals surface area (Å²) in [5, 5.41) is 6.14. The van der Waals surface area contributed by atoms with Crippen molar-refractivity contribution < 1.29 is 13.6 Å². The van der Waals surface area contributed by atoms with Gasteiger partial charge in [0.2, 0.25) is 0 Å². The third-order valence-corrected chi connectivity index (χ3v) is 4.71. The second-order valence-electron chi connectivity index (χ2n) is 6.56. The average Bonchev–Trinajstić information content (AvgIpc) is 3.09. The summed E-state index contributed by atoms with van der Waals surface area (Å²) < 4.78 is 27.7. The van der Waals surface area contributed by atoms with Crippen LogP contribution < -0.4 is 10.6 Å². The molecule has 0 spiro atoms. The molecule has 1 amide bonds. The van der Waals surface area contributed by atoms with Crippen LogP contribution in [0.2, 0.25) is 0 Å². The van der Waals surface area contributed by atoms with Crippen molar-refractivity contribution in [1.29, 1.82) is 0 Å². The van der Waals surface area contributed by atoms with Crippen LogP contribution in [0.3, 0.4) is 0 Å². The zero-order valence-electron chi connectivity index (χ0n) is 14.2. The van der Waals surface area contributed by atoms with E-state index in [9.17, 15) is 13.6 Å². The minimum atomic E-state index is -0.484. The van der Waals surface area contributed by atoms with Crippen LogP contribution in [-0.2, 0) is 0 Å². The lowest BCUT2D eigenvalue weighted by molar-refractivity contribution is 0.0951. The van der Waals surface area contributed by atoms with E-state index in [0.717, 1.165) is 25.9 Å². The summed E-state index contributed by atoms with van der Waals surface area (Å²) in [5.41, 5.74) is 1.94. The van der Waals surface area contributed by atoms with E-state index in [-0.39, 0.29) is 11.7 Å². The summed E-state index contributed by atoms with van der Waals surface area (Å²) in [6, 6.07) is 8.65. The van der Waals surface area contributed by atoms with Gasteiger partial charge in [0.1, 0.15) is 11.6 Å². The Balaban J connectivity index is 1.67. The number of rotatable bonds is 5. The number of carbonyl (C=O) groups excluding carboxylic acids is 1. The molecule has 0 radical (unpaired) electrons. The molecule has 1 aliphatic heterocycles. The van der Waals surface area contributed by atoms with Gasteiger partial charge in [0, 0.05) is 17.7 Å². The minimum Gasteiger partial charge on any atom is -0.352 e. The van der Waals surface area contributed by atoms with Crippen molar-refractivity contribution in [2.45, 2.75) is 19.8 Å². The lowest BCUT2D eigenvalue weighted by atomic mass is 9.98. The Hall–Kier alpha value is -2.27. The molecular formula is C20H22F2N2O. The molecule has 1 fully saturated rings. The number of benzene rings is 2. The van der Waals surface area contributed by atoms with Gasteiger partial charge >= 0.3 is 0 Å². The fourth-order valence-electron chi connectivity index (χ4n) is 3.26. The number of nitrogens with one attached hydrogen (secondary N) is 2. The van der Waals surface area contributed by atoms with Crippen LogP contribution in [0.5, 0.6) is 0 Å². The number of hydrogen-bond donors (Lipinski definition) is 2. The number of hydrogen-bond acceptors (Lipinski definition) is 2. The molecule has 0 aromatic heterocycles. The molecule has 1 saturated heterocycles. The van der Waals surface area contributed by atoms with E-state index in [1.807, 2.05) is 0 Å². The Kier molecular flexibility index (Phi) is 5.43. The maximum absolute atomic E-state index is 14.5. The molecule has 0 saturated carbocycles. The average molecular weight is 344 g/mol. The third kappa shape index (κ3) is 4.23. The fraction of sp³-hybridized carbons (Fsp3) is 0.350. The largest absolute Gasteiger partial charge is 0.352 e. The van der Waals surface area contributed by atoms with Gasteiger partial charge in [-0.3, -0.25) is 4.79 Å². The molecule has 1 atom stereocenters. The smallest absolute Gasteiger partial charge is 0.251 e. The van der Waals surface area contributed by atoms with Crippen molar-refractivity contribution in [3.8, 4) is 11.1 Å². The molecule has 3 rings (SSSR count). The molecule has 132 valence electrons. The maximum Gasteiger partial charge on any atom is 0.251 e. The first-order valence-electron chi connectivity index (χ1n) is 8.59. The van der Waals surface area contributed by atoms with Crippen molar-refractivity contribution in [2.75, 3.05) is 19.6 Å². The van der Waals surface area contributed by atoms with E-state index in [2.05, 4.69) is 10.6 Å². The van der Waals surface area contributed by atoms with Crippen molar-refractivity contribution in [3.05, 3.63) is 59.2 Å². The highest BCUT2D eigenvalue weighted by Crippen LogP contribution is 2.27. The summed E-state index contributed by atoms with van der Waals surface area (Å²) in [5.74, 6) is -0.509. The maximum atomic E-state index is 14.5. The molecule has 2 aromatic carbocycles. The minimum absolute atomic E-state index is 0.271. The van der Waals surface area contributed by atoms with Gasteiger partial charge in [-0.05, 0) is 74.2 Å². The highest BCUT2D eigenvalue weighted by molar-refractivity contribution is 5.94. The molecule has 1 aliphatic rings. The fourth-order valence-corrected chi connectivity index (χ4v) is 3.26. The Morgan fingerprint density at radius 1 is 1.20 bits per heavy atom. The molecule has 2 N–H and O–H groups in total. The summed E-state index contributed by atoms with van der Waals surface area (Å²) in [6.07, 6.45) is 2.06. The van der Waals surface area contributed by atoms with Crippen LogP contribution in [0.15, 0.2) is 36.4 Å². The van der Waals surface area contributed by atoms with Gasteiger partial charge in [0.15, 0.2) is 0 Å². The van der Waals surface area contributed by atoms with Crippen LogP contribution in [-0.4, -0.2) is 25.5 Å². The van der Waals surface area contributed by atoms with Gasteiger partial charge in [-0.15, -0.1) is 0 Å². The number of halogens is 2. The van der Waals surface area contributed by atoms with E-state index < -0.39 is 5.82 Å². The van der Waals surface area contributed by atoms with E-state index in [1.54, 1.807) is 25.1 Å². The molecule has 1 heterocycles. The molecule has 0 bridgehead atoms. The van der Waals surface area contributed by atoms with Crippen molar-refractivity contribution in [1.82, 2.24) is 10.6 Å². The first-order valence-corrected chi connectivity index (χ1v) is 8.59. The van der Waals surface area contributed by atoms with E-state index in [1.165, 1.54) is 18.2 Å². The second-order valence-corrected chi connectivity index (χ2v) is 6.56. The van der Waals surface area contributed by atoms with E-state index in [4.69, 9.17) is 0 Å². The normalized spacial score (nSPS) is 16.8. The Morgan fingerprint density at radius 2 is 2.00 bits per heavy atom. The van der Waals surface area contributed by atoms with Crippen molar-refractivity contribution in [2.24, 2.45) is 5.92 Å². The number of carbonyl (C=O) groups is 1. The van der Waals surface area contributed by atoms with Gasteiger partial charge in [-0.25, -0.2) is 8.78 Å². The zero-order chi connectivity index (χ0) is 17.8. The van der Waals surface area contributed by atoms with Gasteiger partial charge < -0.3 is 10.6 Å². The lowest BCUT2D eigenvalue weighted by Crippen LogP contribution is -2.26. The first kappa shape index (κ1) is 17.5. The monoisotopic (exact) mass is 344 g/mol. The quantitative estimate of drug-likeness (QED) is 0.869. The Labute approximate surface area is 146 Å². The molecule has 2 aromatic rings. The van der Waals surface area contributed by atoms with Crippen LogP contribution in [0.4, 0.5) is 8.78 Å². The van der Waals surface area contributed by atoms with Gasteiger partial charge in [-0.2, -0.15) is 0 Å². The van der Waals surface area contributed by atoms with Crippen LogP contribution in [0, 0.1) is 24.5 Å². The topological polar surface area (TPSA) is 41.1 Å². The second kappa shape index (κ2) is 7.74. The summed E-state index contributed by atoms with van der Waals surface area (Å²) in [6.45, 7) is 4.35. The standard InChI is InChI=1S/C20H22F2N2O/c1-13-10-16(21)3-5-17(13)18-4-2-15(11-19(18)22)20(25)24-9-7-14-6-8-23-12-14/h2-5,10-11,14,23H,6-9,12H2,1H3,(H,24,25). The molecule has 5 heteroatoms. The van der Waals surface area contributed by atoms with E-state index in [0.29, 0.717) is 34.7 Å². The van der Waals surface area contributed by atoms with Crippen LogP contribution in [0.25, 0.3) is 11.1 Å². The van der Waals surface area contributed by atoms with Gasteiger partial charge in [0.25, 0.3) is 5.91 Å². The number of amides is 1. The Bertz CT molecular complexity index is 770. The van der Waals surface area contributed by atoms with E-state index >= 15 is 0 Å². The predicted molar refractivity (Wildman–Crippen MR) is 94.5 cm³/mol. The van der Waals surface area contributed by atoms with Crippen molar-refractivity contribution >= 4 is 5.91 Å². The molecule has 25 heavy (non-hydrogen) atoms. The molecule has 1 unspecified atom stereocenters. The van der Waals surface area contributed by atoms with Gasteiger partial charge in [-0.1, -0.05) is 12.1 Å². The summed E-state index contributed by atoms with van der Waals surface area (Å²) in [7, 11) is 0. The Morgan fingerprint density at radius 3 is 2.68 bits per heavy atom. The van der Waals surface area contributed by atoms with Crippen LogP contribution in [0.1, 0.15) is 28.8 Å². The van der Waals surface area contributed by atoms with Crippen LogP contribution >= 0.6 is 0 Å². The first-order chi connectivity index (χ1) is 12.0. The van der Waals surface area contributed by atoms with Crippen molar-refractivity contribution in [3.63, 3.8) is 0 Å². The SMILES string of the molecule is Cc1cc(F)ccc1-c1ccc(C(=O)NCCC2CCNC2)cc1F. The molecule has 0 aliphatic carbocycles. The predicted octanol–water partition coefficient (Wildman–Crippen LogP) is 3.67. The highest BCUT2D eigenvalue weighted by atomic mass is 19.1.